The molecule has 152 valence electrons. The fourth-order valence-corrected chi connectivity index (χ4v) is 6.02. The van der Waals surface area contributed by atoms with Gasteiger partial charge < -0.3 is 0 Å². The second-order valence-corrected chi connectivity index (χ2v) is 8.43. The Kier molecular flexibility index (Phi) is 3.55. The van der Waals surface area contributed by atoms with Crippen LogP contribution in [0.2, 0.25) is 0 Å². The van der Waals surface area contributed by atoms with Crippen LogP contribution in [0.4, 0.5) is 0 Å². The van der Waals surface area contributed by atoms with Crippen molar-refractivity contribution in [1.29, 1.82) is 0 Å². The Hall–Kier alpha value is -3.80. The summed E-state index contributed by atoms with van der Waals surface area (Å²) in [5, 5.41) is 12.8. The van der Waals surface area contributed by atoms with E-state index in [4.69, 9.17) is 0 Å². The van der Waals surface area contributed by atoms with E-state index in [9.17, 15) is 19.7 Å². The van der Waals surface area contributed by atoms with E-state index < -0.39 is 23.3 Å². The van der Waals surface area contributed by atoms with Crippen molar-refractivity contribution in [1.82, 2.24) is 4.90 Å². The van der Waals surface area contributed by atoms with Gasteiger partial charge in [0, 0.05) is 22.0 Å². The molecule has 1 aliphatic heterocycles. The third-order valence-corrected chi connectivity index (χ3v) is 7.14. The Labute approximate surface area is 178 Å². The molecule has 3 aromatic rings. The molecule has 6 heteroatoms. The Morgan fingerprint density at radius 2 is 1.35 bits per heavy atom. The number of carbonyl (C=O) groups excluding carboxylic acids is 2. The summed E-state index contributed by atoms with van der Waals surface area (Å²) < 4.78 is 0. The van der Waals surface area contributed by atoms with E-state index in [0.717, 1.165) is 16.7 Å². The standard InChI is InChI=1S/C25H18N2O4/c28-23-21-20-16-10-4-6-12-18(16)25(27(30)31,19-13-7-5-11-17(19)20)22(21)24(29)26(23)14-15-8-2-1-3-9-15/h1-13,20-22H,14H2/t20?,21-,22-,25?/m0/s1. The maximum atomic E-state index is 13.7. The number of hydrogen-bond acceptors (Lipinski definition) is 4. The average Bonchev–Trinajstić information content (AvgIpc) is 3.05. The largest absolute Gasteiger partial charge is 0.284 e. The number of benzene rings is 3. The SMILES string of the molecule is O=C1[C@@H]2[C@@H](C(=O)N1Cc1ccccc1)C1c3ccccc3C2([N+](=O)[O-])c2ccccc21. The van der Waals surface area contributed by atoms with Crippen molar-refractivity contribution in [3.05, 3.63) is 117 Å². The first-order valence-corrected chi connectivity index (χ1v) is 10.3. The molecular weight excluding hydrogens is 392 g/mol. The fourth-order valence-electron chi connectivity index (χ4n) is 6.02. The van der Waals surface area contributed by atoms with Crippen molar-refractivity contribution in [3.8, 4) is 0 Å². The van der Waals surface area contributed by atoms with E-state index in [2.05, 4.69) is 0 Å². The van der Waals surface area contributed by atoms with Crippen LogP contribution in [0.15, 0.2) is 78.9 Å². The highest BCUT2D eigenvalue weighted by Crippen LogP contribution is 2.64. The molecule has 7 rings (SSSR count). The van der Waals surface area contributed by atoms with Crippen LogP contribution in [-0.4, -0.2) is 21.6 Å². The molecule has 3 aromatic carbocycles. The van der Waals surface area contributed by atoms with Gasteiger partial charge in [-0.1, -0.05) is 78.9 Å². The van der Waals surface area contributed by atoms with Crippen LogP contribution in [0.1, 0.15) is 33.7 Å². The number of hydrogen-bond donors (Lipinski definition) is 0. The minimum Gasteiger partial charge on any atom is -0.277 e. The lowest BCUT2D eigenvalue weighted by Crippen LogP contribution is -2.57. The number of carbonyl (C=O) groups is 2. The summed E-state index contributed by atoms with van der Waals surface area (Å²) in [7, 11) is 0. The van der Waals surface area contributed by atoms with Crippen molar-refractivity contribution in [3.63, 3.8) is 0 Å². The predicted octanol–water partition coefficient (Wildman–Crippen LogP) is 3.47. The molecule has 0 radical (unpaired) electrons. The number of likely N-dealkylation sites (tertiary alicyclic amines) is 1. The zero-order valence-electron chi connectivity index (χ0n) is 16.5. The van der Waals surface area contributed by atoms with E-state index in [0.29, 0.717) is 11.1 Å². The predicted molar refractivity (Wildman–Crippen MR) is 111 cm³/mol. The van der Waals surface area contributed by atoms with Gasteiger partial charge in [0.1, 0.15) is 5.92 Å². The lowest BCUT2D eigenvalue weighted by molar-refractivity contribution is -0.578. The summed E-state index contributed by atoms with van der Waals surface area (Å²) in [4.78, 5) is 41.0. The lowest BCUT2D eigenvalue weighted by atomic mass is 9.51. The fraction of sp³-hybridized carbons (Fsp3) is 0.200. The zero-order valence-corrected chi connectivity index (χ0v) is 16.5. The van der Waals surface area contributed by atoms with Gasteiger partial charge in [0.05, 0.1) is 12.5 Å². The molecule has 1 saturated heterocycles. The molecular formula is C25H18N2O4. The molecule has 0 spiro atoms. The lowest BCUT2D eigenvalue weighted by Gasteiger charge is -2.48. The first kappa shape index (κ1) is 18.0. The number of nitrogens with zero attached hydrogens (tertiary/aromatic N) is 2. The maximum Gasteiger partial charge on any atom is 0.284 e. The summed E-state index contributed by atoms with van der Waals surface area (Å²) in [6.45, 7) is 0.124. The average molecular weight is 410 g/mol. The summed E-state index contributed by atoms with van der Waals surface area (Å²) in [5.74, 6) is -2.96. The van der Waals surface area contributed by atoms with Gasteiger partial charge in [0.2, 0.25) is 11.8 Å². The Morgan fingerprint density at radius 1 is 0.806 bits per heavy atom. The molecule has 2 amide bonds. The minimum atomic E-state index is -1.76. The Morgan fingerprint density at radius 3 is 1.94 bits per heavy atom. The van der Waals surface area contributed by atoms with E-state index >= 15 is 0 Å². The molecule has 2 atom stereocenters. The normalized spacial score (nSPS) is 27.6. The van der Waals surface area contributed by atoms with Crippen LogP contribution in [0.5, 0.6) is 0 Å². The van der Waals surface area contributed by atoms with Crippen LogP contribution in [-0.2, 0) is 21.7 Å². The quantitative estimate of drug-likeness (QED) is 0.376. The molecule has 0 unspecified atom stereocenters. The van der Waals surface area contributed by atoms with E-state index in [-0.39, 0.29) is 23.3 Å². The van der Waals surface area contributed by atoms with Gasteiger partial charge in [-0.05, 0) is 16.7 Å². The molecule has 3 aliphatic carbocycles. The molecule has 4 aliphatic rings. The third-order valence-electron chi connectivity index (χ3n) is 7.14. The molecule has 0 saturated carbocycles. The van der Waals surface area contributed by atoms with Crippen LogP contribution in [0.25, 0.3) is 0 Å². The van der Waals surface area contributed by atoms with Gasteiger partial charge in [-0.2, -0.15) is 0 Å². The van der Waals surface area contributed by atoms with Crippen LogP contribution in [0, 0.1) is 22.0 Å². The van der Waals surface area contributed by atoms with Crippen molar-refractivity contribution < 1.29 is 14.5 Å². The monoisotopic (exact) mass is 410 g/mol. The molecule has 2 bridgehead atoms. The van der Waals surface area contributed by atoms with Crippen molar-refractivity contribution in [2.45, 2.75) is 18.0 Å². The van der Waals surface area contributed by atoms with Crippen LogP contribution in [0.3, 0.4) is 0 Å². The molecule has 1 heterocycles. The van der Waals surface area contributed by atoms with Gasteiger partial charge in [-0.3, -0.25) is 24.6 Å². The minimum absolute atomic E-state index is 0.124. The molecule has 31 heavy (non-hydrogen) atoms. The van der Waals surface area contributed by atoms with Crippen molar-refractivity contribution in [2.24, 2.45) is 11.8 Å². The van der Waals surface area contributed by atoms with Crippen LogP contribution >= 0.6 is 0 Å². The number of amides is 2. The molecule has 1 fully saturated rings. The molecule has 0 N–H and O–H groups in total. The number of rotatable bonds is 3. The molecule has 6 nitrogen and oxygen atoms in total. The summed E-state index contributed by atoms with van der Waals surface area (Å²) in [6.07, 6.45) is 0. The number of nitro groups is 1. The second-order valence-electron chi connectivity index (χ2n) is 8.43. The maximum absolute atomic E-state index is 13.7. The third kappa shape index (κ3) is 2.06. The van der Waals surface area contributed by atoms with Crippen molar-refractivity contribution >= 4 is 11.8 Å². The molecule has 0 aromatic heterocycles. The van der Waals surface area contributed by atoms with Crippen LogP contribution < -0.4 is 0 Å². The van der Waals surface area contributed by atoms with Gasteiger partial charge in [0.15, 0.2) is 0 Å². The van der Waals surface area contributed by atoms with E-state index in [1.807, 2.05) is 54.6 Å². The van der Waals surface area contributed by atoms with E-state index in [1.54, 1.807) is 24.3 Å². The van der Waals surface area contributed by atoms with Gasteiger partial charge in [-0.25, -0.2) is 0 Å². The summed E-state index contributed by atoms with van der Waals surface area (Å²) in [6, 6.07) is 23.7. The highest BCUT2D eigenvalue weighted by Gasteiger charge is 2.74. The number of imide groups is 1. The Balaban J connectivity index is 1.61. The first-order valence-electron chi connectivity index (χ1n) is 10.3. The Bertz CT molecular complexity index is 1220. The first-order chi connectivity index (χ1) is 15.1. The highest BCUT2D eigenvalue weighted by atomic mass is 16.6. The highest BCUT2D eigenvalue weighted by molar-refractivity contribution is 6.08. The topological polar surface area (TPSA) is 80.5 Å². The van der Waals surface area contributed by atoms with Gasteiger partial charge >= 0.3 is 0 Å². The van der Waals surface area contributed by atoms with Crippen molar-refractivity contribution in [2.75, 3.05) is 0 Å². The zero-order chi connectivity index (χ0) is 21.3. The van der Waals surface area contributed by atoms with E-state index in [1.165, 1.54) is 4.90 Å². The van der Waals surface area contributed by atoms with Gasteiger partial charge in [-0.15, -0.1) is 0 Å². The van der Waals surface area contributed by atoms with Gasteiger partial charge in [0.25, 0.3) is 5.54 Å². The summed E-state index contributed by atoms with van der Waals surface area (Å²) >= 11 is 0. The smallest absolute Gasteiger partial charge is 0.277 e. The summed E-state index contributed by atoms with van der Waals surface area (Å²) in [5.41, 5.74) is 1.69. The second kappa shape index (κ2) is 6.11.